The standard InChI is InChI=1S/C17H20O4S.2C2H6/c1-16(2)14-8-9-17(16,11-22-21-20-19)15(18)13(14)10-12-6-4-3-5-7-12;2*1-2/h3-7,10,14,19H,8-9,11H2,1-2H3;2*1-2H3/b13-10+;;. The number of Topliss-reactive ketones (excluding diaryl/α,β-unsaturated/α-hetero) is 1. The van der Waals surface area contributed by atoms with Crippen molar-refractivity contribution in [2.75, 3.05) is 5.75 Å². The van der Waals surface area contributed by atoms with Gasteiger partial charge < -0.3 is 0 Å². The SMILES string of the molecule is CC.CC.CC1(C)C2CCC1(CSOOO)C(=O)/C2=C/c1ccccc1. The Morgan fingerprint density at radius 2 is 1.81 bits per heavy atom. The first-order valence-corrected chi connectivity index (χ1v) is 10.4. The summed E-state index contributed by atoms with van der Waals surface area (Å²) in [7, 11) is 0. The first-order chi connectivity index (χ1) is 12.5. The van der Waals surface area contributed by atoms with Crippen molar-refractivity contribution >= 4 is 23.9 Å². The third-order valence-electron chi connectivity index (χ3n) is 5.54. The Balaban J connectivity index is 0.000000791. The summed E-state index contributed by atoms with van der Waals surface area (Å²) in [6.45, 7) is 12.3. The van der Waals surface area contributed by atoms with Gasteiger partial charge in [-0.3, -0.25) is 4.79 Å². The average molecular weight is 381 g/mol. The molecule has 1 N–H and O–H groups in total. The lowest BCUT2D eigenvalue weighted by molar-refractivity contribution is -0.432. The Labute approximate surface area is 162 Å². The Hall–Kier alpha value is -1.14. The number of hydrogen-bond donors (Lipinski definition) is 1. The molecule has 3 rings (SSSR count). The summed E-state index contributed by atoms with van der Waals surface area (Å²) in [6, 6.07) is 9.96. The summed E-state index contributed by atoms with van der Waals surface area (Å²) in [5.41, 5.74) is 1.43. The van der Waals surface area contributed by atoms with Gasteiger partial charge in [0.15, 0.2) is 5.78 Å². The normalized spacial score (nSPS) is 26.8. The monoisotopic (exact) mass is 380 g/mol. The summed E-state index contributed by atoms with van der Waals surface area (Å²) in [6.07, 6.45) is 3.90. The van der Waals surface area contributed by atoms with Gasteiger partial charge in [0.2, 0.25) is 0 Å². The topological polar surface area (TPSA) is 55.8 Å². The Morgan fingerprint density at radius 1 is 1.19 bits per heavy atom. The smallest absolute Gasteiger partial charge is 0.166 e. The minimum atomic E-state index is -0.443. The van der Waals surface area contributed by atoms with Crippen LogP contribution >= 0.6 is 12.0 Å². The number of ketones is 1. The van der Waals surface area contributed by atoms with E-state index in [1.54, 1.807) is 0 Å². The van der Waals surface area contributed by atoms with Crippen LogP contribution in [-0.2, 0) is 14.2 Å². The highest BCUT2D eigenvalue weighted by Crippen LogP contribution is 2.66. The zero-order valence-corrected chi connectivity index (χ0v) is 17.6. The Kier molecular flexibility index (Phi) is 9.04. The van der Waals surface area contributed by atoms with Gasteiger partial charge in [-0.1, -0.05) is 76.9 Å². The van der Waals surface area contributed by atoms with Gasteiger partial charge in [-0.2, -0.15) is 0 Å². The number of carbonyl (C=O) groups is 1. The van der Waals surface area contributed by atoms with E-state index >= 15 is 0 Å². The molecule has 2 aliphatic rings. The Morgan fingerprint density at radius 3 is 2.38 bits per heavy atom. The molecule has 1 aromatic rings. The molecule has 2 unspecified atom stereocenters. The fourth-order valence-corrected chi connectivity index (χ4v) is 5.10. The molecule has 2 bridgehead atoms. The number of allylic oxidation sites excluding steroid dienone is 1. The van der Waals surface area contributed by atoms with Crippen molar-refractivity contribution in [2.24, 2.45) is 16.7 Å². The molecule has 0 aliphatic heterocycles. The lowest BCUT2D eigenvalue weighted by Crippen LogP contribution is -2.38. The maximum absolute atomic E-state index is 13.1. The molecule has 5 heteroatoms. The lowest BCUT2D eigenvalue weighted by Gasteiger charge is -2.34. The second-order valence-electron chi connectivity index (χ2n) is 6.64. The zero-order valence-electron chi connectivity index (χ0n) is 16.7. The lowest BCUT2D eigenvalue weighted by atomic mass is 9.70. The number of rotatable bonds is 5. The summed E-state index contributed by atoms with van der Waals surface area (Å²) in [5, 5.41) is 12.0. The molecular formula is C21H32O4S. The molecular weight excluding hydrogens is 348 g/mol. The van der Waals surface area contributed by atoms with E-state index in [1.807, 2.05) is 64.1 Å². The number of benzene rings is 1. The molecule has 2 fully saturated rings. The van der Waals surface area contributed by atoms with Crippen LogP contribution in [0.5, 0.6) is 0 Å². The average Bonchev–Trinajstić information content (AvgIpc) is 3.01. The van der Waals surface area contributed by atoms with E-state index in [0.717, 1.165) is 36.0 Å². The summed E-state index contributed by atoms with van der Waals surface area (Å²) < 4.78 is 4.54. The van der Waals surface area contributed by atoms with Crippen LogP contribution < -0.4 is 0 Å². The molecule has 0 amide bonds. The van der Waals surface area contributed by atoms with Crippen LogP contribution in [-0.4, -0.2) is 16.8 Å². The van der Waals surface area contributed by atoms with E-state index < -0.39 is 5.41 Å². The summed E-state index contributed by atoms with van der Waals surface area (Å²) >= 11 is 0.995. The number of hydrogen-bond acceptors (Lipinski definition) is 5. The van der Waals surface area contributed by atoms with Crippen molar-refractivity contribution in [3.8, 4) is 0 Å². The van der Waals surface area contributed by atoms with Crippen molar-refractivity contribution in [2.45, 2.75) is 54.4 Å². The van der Waals surface area contributed by atoms with Crippen molar-refractivity contribution in [1.82, 2.24) is 0 Å². The van der Waals surface area contributed by atoms with Gasteiger partial charge in [-0.05, 0) is 35.8 Å². The molecule has 2 atom stereocenters. The van der Waals surface area contributed by atoms with E-state index in [-0.39, 0.29) is 17.1 Å². The van der Waals surface area contributed by atoms with E-state index in [1.165, 1.54) is 0 Å². The summed E-state index contributed by atoms with van der Waals surface area (Å²) in [4.78, 5) is 13.1. The van der Waals surface area contributed by atoms with Crippen molar-refractivity contribution in [1.29, 1.82) is 0 Å². The largest absolute Gasteiger partial charge is 0.294 e. The van der Waals surface area contributed by atoms with E-state index in [2.05, 4.69) is 23.2 Å². The fourth-order valence-electron chi connectivity index (χ4n) is 4.16. The van der Waals surface area contributed by atoms with Gasteiger partial charge >= 0.3 is 0 Å². The van der Waals surface area contributed by atoms with E-state index in [9.17, 15) is 4.79 Å². The highest BCUT2D eigenvalue weighted by atomic mass is 32.2. The first-order valence-electron chi connectivity index (χ1n) is 9.44. The number of carbonyl (C=O) groups excluding carboxylic acids is 1. The van der Waals surface area contributed by atoms with Crippen molar-refractivity contribution < 1.29 is 19.4 Å². The molecule has 4 nitrogen and oxygen atoms in total. The molecule has 0 saturated heterocycles. The van der Waals surface area contributed by atoms with E-state index in [0.29, 0.717) is 5.75 Å². The zero-order chi connectivity index (χ0) is 19.8. The van der Waals surface area contributed by atoms with Gasteiger partial charge in [-0.15, -0.1) is 4.33 Å². The van der Waals surface area contributed by atoms with Gasteiger partial charge in [0.05, 0.1) is 5.41 Å². The highest BCUT2D eigenvalue weighted by molar-refractivity contribution is 7.94. The van der Waals surface area contributed by atoms with Crippen LogP contribution in [0.4, 0.5) is 0 Å². The molecule has 0 radical (unpaired) electrons. The quantitative estimate of drug-likeness (QED) is 0.217. The van der Waals surface area contributed by atoms with Gasteiger partial charge in [-0.25, -0.2) is 5.26 Å². The maximum Gasteiger partial charge on any atom is 0.166 e. The van der Waals surface area contributed by atoms with Crippen LogP contribution in [0, 0.1) is 16.7 Å². The van der Waals surface area contributed by atoms with Crippen LogP contribution in [0.1, 0.15) is 59.9 Å². The third kappa shape index (κ3) is 4.06. The molecule has 1 aromatic carbocycles. The first kappa shape index (κ1) is 22.9. The molecule has 0 heterocycles. The predicted octanol–water partition coefficient (Wildman–Crippen LogP) is 6.20. The fraction of sp³-hybridized carbons (Fsp3) is 0.571. The summed E-state index contributed by atoms with van der Waals surface area (Å²) in [5.74, 6) is 0.977. The van der Waals surface area contributed by atoms with Gasteiger partial charge in [0.1, 0.15) is 0 Å². The molecule has 2 saturated carbocycles. The molecule has 26 heavy (non-hydrogen) atoms. The second-order valence-corrected chi connectivity index (χ2v) is 7.30. The van der Waals surface area contributed by atoms with Crippen LogP contribution in [0.25, 0.3) is 6.08 Å². The van der Waals surface area contributed by atoms with Crippen LogP contribution in [0.3, 0.4) is 0 Å². The minimum absolute atomic E-state index is 0.115. The third-order valence-corrected chi connectivity index (χ3v) is 6.31. The van der Waals surface area contributed by atoms with Gasteiger partial charge in [0, 0.05) is 23.4 Å². The van der Waals surface area contributed by atoms with Gasteiger partial charge in [0.25, 0.3) is 0 Å². The molecule has 0 aromatic heterocycles. The molecule has 146 valence electrons. The van der Waals surface area contributed by atoms with E-state index in [4.69, 9.17) is 5.26 Å². The Bertz CT molecular complexity index is 597. The van der Waals surface area contributed by atoms with Crippen molar-refractivity contribution in [3.05, 3.63) is 41.5 Å². The maximum atomic E-state index is 13.1. The second kappa shape index (κ2) is 10.3. The molecule has 2 aliphatic carbocycles. The highest BCUT2D eigenvalue weighted by Gasteiger charge is 2.66. The number of fused-ring (bicyclic) bond motifs is 2. The van der Waals surface area contributed by atoms with Crippen LogP contribution in [0.2, 0.25) is 0 Å². The molecule has 0 spiro atoms. The van der Waals surface area contributed by atoms with Crippen molar-refractivity contribution in [3.63, 3.8) is 0 Å². The minimum Gasteiger partial charge on any atom is -0.294 e. The predicted molar refractivity (Wildman–Crippen MR) is 108 cm³/mol. The van der Waals surface area contributed by atoms with Crippen LogP contribution in [0.15, 0.2) is 35.9 Å².